The van der Waals surface area contributed by atoms with Gasteiger partial charge in [-0.2, -0.15) is 0 Å². The monoisotopic (exact) mass is 283 g/mol. The van der Waals surface area contributed by atoms with Gasteiger partial charge in [-0.05, 0) is 47.9 Å². The van der Waals surface area contributed by atoms with Gasteiger partial charge in [0.05, 0.1) is 6.10 Å². The Bertz CT molecular complexity index is 622. The van der Waals surface area contributed by atoms with Crippen molar-refractivity contribution < 1.29 is 4.74 Å². The molecule has 1 aliphatic carbocycles. The number of rotatable bonds is 3. The molecule has 2 N–H and O–H groups in total. The fourth-order valence-corrected chi connectivity index (χ4v) is 3.42. The molecule has 0 aliphatic heterocycles. The molecule has 21 heavy (non-hydrogen) atoms. The second-order valence-corrected chi connectivity index (χ2v) is 6.47. The minimum absolute atomic E-state index is 0.336. The van der Waals surface area contributed by atoms with Gasteiger partial charge >= 0.3 is 0 Å². The Labute approximate surface area is 127 Å². The minimum atomic E-state index is 0.336. The van der Waals surface area contributed by atoms with Gasteiger partial charge in [0, 0.05) is 12.1 Å². The molecule has 3 atom stereocenters. The highest BCUT2D eigenvalue weighted by Gasteiger charge is 2.26. The van der Waals surface area contributed by atoms with Gasteiger partial charge in [0.1, 0.15) is 5.75 Å². The molecule has 1 saturated carbocycles. The maximum Gasteiger partial charge on any atom is 0.124 e. The zero-order valence-electron chi connectivity index (χ0n) is 13.0. The van der Waals surface area contributed by atoms with Crippen LogP contribution in [0.25, 0.3) is 10.8 Å². The van der Waals surface area contributed by atoms with Crippen LogP contribution in [0.3, 0.4) is 0 Å². The second-order valence-electron chi connectivity index (χ2n) is 6.47. The van der Waals surface area contributed by atoms with Gasteiger partial charge in [-0.15, -0.1) is 0 Å². The van der Waals surface area contributed by atoms with Crippen LogP contribution in [-0.2, 0) is 6.54 Å². The van der Waals surface area contributed by atoms with Crippen LogP contribution in [0.2, 0.25) is 0 Å². The molecule has 0 radical (unpaired) electrons. The first-order valence-corrected chi connectivity index (χ1v) is 8.06. The summed E-state index contributed by atoms with van der Waals surface area (Å²) in [6.07, 6.45) is 3.90. The van der Waals surface area contributed by atoms with Crippen LogP contribution in [0.15, 0.2) is 36.4 Å². The van der Waals surface area contributed by atoms with Crippen LogP contribution >= 0.6 is 0 Å². The van der Waals surface area contributed by atoms with Gasteiger partial charge in [0.25, 0.3) is 0 Å². The van der Waals surface area contributed by atoms with E-state index in [9.17, 15) is 0 Å². The number of hydrogen-bond acceptors (Lipinski definition) is 2. The molecule has 0 amide bonds. The third-order valence-electron chi connectivity index (χ3n) is 5.05. The number of nitrogens with two attached hydrogens (primary N) is 1. The highest BCUT2D eigenvalue weighted by Crippen LogP contribution is 2.34. The molecule has 2 heteroatoms. The van der Waals surface area contributed by atoms with E-state index in [1.165, 1.54) is 17.2 Å². The zero-order valence-corrected chi connectivity index (χ0v) is 13.0. The molecule has 0 aromatic heterocycles. The van der Waals surface area contributed by atoms with Crippen LogP contribution < -0.4 is 10.5 Å². The largest absolute Gasteiger partial charge is 0.490 e. The Balaban J connectivity index is 1.87. The maximum atomic E-state index is 6.32. The molecule has 2 aromatic carbocycles. The first kappa shape index (κ1) is 14.4. The van der Waals surface area contributed by atoms with E-state index < -0.39 is 0 Å². The topological polar surface area (TPSA) is 35.2 Å². The highest BCUT2D eigenvalue weighted by molar-refractivity contribution is 5.87. The molecule has 2 aromatic rings. The summed E-state index contributed by atoms with van der Waals surface area (Å²) in [7, 11) is 0. The minimum Gasteiger partial charge on any atom is -0.490 e. The summed E-state index contributed by atoms with van der Waals surface area (Å²) in [5.74, 6) is 2.53. The van der Waals surface area contributed by atoms with E-state index >= 15 is 0 Å². The normalized spacial score (nSPS) is 26.0. The van der Waals surface area contributed by atoms with E-state index in [0.29, 0.717) is 12.6 Å². The lowest BCUT2D eigenvalue weighted by Gasteiger charge is -2.32. The zero-order chi connectivity index (χ0) is 14.8. The predicted octanol–water partition coefficient (Wildman–Crippen LogP) is 4.50. The van der Waals surface area contributed by atoms with Gasteiger partial charge in [0.15, 0.2) is 0 Å². The first-order valence-electron chi connectivity index (χ1n) is 8.06. The van der Waals surface area contributed by atoms with Crippen molar-refractivity contribution in [2.45, 2.75) is 45.8 Å². The van der Waals surface area contributed by atoms with Crippen molar-refractivity contribution in [3.8, 4) is 5.75 Å². The third-order valence-corrected chi connectivity index (χ3v) is 5.05. The van der Waals surface area contributed by atoms with Crippen molar-refractivity contribution in [1.82, 2.24) is 0 Å². The van der Waals surface area contributed by atoms with Gasteiger partial charge < -0.3 is 10.5 Å². The average Bonchev–Trinajstić information content (AvgIpc) is 2.51. The fourth-order valence-electron chi connectivity index (χ4n) is 3.42. The molecular formula is C19H25NO. The summed E-state index contributed by atoms with van der Waals surface area (Å²) < 4.78 is 6.32. The van der Waals surface area contributed by atoms with E-state index in [2.05, 4.69) is 50.2 Å². The quantitative estimate of drug-likeness (QED) is 0.900. The highest BCUT2D eigenvalue weighted by atomic mass is 16.5. The summed E-state index contributed by atoms with van der Waals surface area (Å²) in [5, 5.41) is 2.45. The Morgan fingerprint density at radius 3 is 2.62 bits per heavy atom. The predicted molar refractivity (Wildman–Crippen MR) is 88.4 cm³/mol. The number of hydrogen-bond donors (Lipinski definition) is 1. The van der Waals surface area contributed by atoms with Crippen molar-refractivity contribution >= 4 is 10.8 Å². The molecule has 3 unspecified atom stereocenters. The lowest BCUT2D eigenvalue weighted by molar-refractivity contribution is 0.0999. The number of fused-ring (bicyclic) bond motifs is 1. The number of benzene rings is 2. The van der Waals surface area contributed by atoms with Crippen LogP contribution in [0.1, 0.15) is 38.7 Å². The van der Waals surface area contributed by atoms with Gasteiger partial charge in [-0.25, -0.2) is 0 Å². The lowest BCUT2D eigenvalue weighted by Crippen LogP contribution is -2.29. The average molecular weight is 283 g/mol. The number of ether oxygens (including phenoxy) is 1. The molecule has 112 valence electrons. The first-order chi connectivity index (χ1) is 10.2. The van der Waals surface area contributed by atoms with Crippen molar-refractivity contribution in [2.24, 2.45) is 17.6 Å². The summed E-state index contributed by atoms with van der Waals surface area (Å²) >= 11 is 0. The van der Waals surface area contributed by atoms with Crippen LogP contribution in [0, 0.1) is 11.8 Å². The molecule has 2 nitrogen and oxygen atoms in total. The van der Waals surface area contributed by atoms with Crippen molar-refractivity contribution in [1.29, 1.82) is 0 Å². The smallest absolute Gasteiger partial charge is 0.124 e. The van der Waals surface area contributed by atoms with E-state index in [1.54, 1.807) is 0 Å². The lowest BCUT2D eigenvalue weighted by atomic mass is 9.80. The SMILES string of the molecule is CC1CCC(Oc2ccc3ccccc3c2CN)CC1C. The third kappa shape index (κ3) is 2.91. The summed E-state index contributed by atoms with van der Waals surface area (Å²) in [4.78, 5) is 0. The van der Waals surface area contributed by atoms with Crippen molar-refractivity contribution in [2.75, 3.05) is 0 Å². The fraction of sp³-hybridized carbons (Fsp3) is 0.474. The molecule has 3 rings (SSSR count). The Kier molecular flexibility index (Phi) is 4.16. The van der Waals surface area contributed by atoms with Gasteiger partial charge in [-0.3, -0.25) is 0 Å². The van der Waals surface area contributed by atoms with Gasteiger partial charge in [0.2, 0.25) is 0 Å². The summed E-state index contributed by atoms with van der Waals surface area (Å²) in [6, 6.07) is 12.6. The molecule has 1 fully saturated rings. The Hall–Kier alpha value is -1.54. The standard InChI is InChI=1S/C19H25NO/c1-13-7-9-16(11-14(13)2)21-19-10-8-15-5-3-4-6-17(15)18(19)12-20/h3-6,8,10,13-14,16H,7,9,11-12,20H2,1-2H3. The summed E-state index contributed by atoms with van der Waals surface area (Å²) in [6.45, 7) is 5.21. The van der Waals surface area contributed by atoms with Crippen LogP contribution in [0.5, 0.6) is 5.75 Å². The van der Waals surface area contributed by atoms with Crippen molar-refractivity contribution in [3.63, 3.8) is 0 Å². The van der Waals surface area contributed by atoms with Gasteiger partial charge in [-0.1, -0.05) is 44.2 Å². The van der Waals surface area contributed by atoms with E-state index in [1.807, 2.05) is 0 Å². The molecule has 0 saturated heterocycles. The van der Waals surface area contributed by atoms with E-state index in [0.717, 1.165) is 36.0 Å². The molecule has 0 heterocycles. The molecule has 0 bridgehead atoms. The van der Waals surface area contributed by atoms with Crippen LogP contribution in [0.4, 0.5) is 0 Å². The molecule has 1 aliphatic rings. The Morgan fingerprint density at radius 1 is 1.05 bits per heavy atom. The summed E-state index contributed by atoms with van der Waals surface area (Å²) in [5.41, 5.74) is 7.13. The van der Waals surface area contributed by atoms with E-state index in [4.69, 9.17) is 10.5 Å². The second kappa shape index (κ2) is 6.07. The maximum absolute atomic E-state index is 6.32. The molecular weight excluding hydrogens is 258 g/mol. The molecule has 0 spiro atoms. The Morgan fingerprint density at radius 2 is 1.86 bits per heavy atom. The van der Waals surface area contributed by atoms with Crippen molar-refractivity contribution in [3.05, 3.63) is 42.0 Å². The van der Waals surface area contributed by atoms with Crippen LogP contribution in [-0.4, -0.2) is 6.10 Å². The van der Waals surface area contributed by atoms with E-state index in [-0.39, 0.29) is 0 Å².